The maximum Gasteiger partial charge on any atom is 0.419 e. The minimum atomic E-state index is -4.54. The molecule has 1 atom stereocenters. The fourth-order valence-corrected chi connectivity index (χ4v) is 5.04. The molecule has 0 amide bonds. The molecule has 0 aliphatic carbocycles. The van der Waals surface area contributed by atoms with Crippen molar-refractivity contribution in [3.8, 4) is 11.4 Å². The number of hydrogen-bond acceptors (Lipinski definition) is 8. The molecule has 214 valence electrons. The van der Waals surface area contributed by atoms with Gasteiger partial charge in [0.05, 0.1) is 23.8 Å². The van der Waals surface area contributed by atoms with Crippen LogP contribution in [0.3, 0.4) is 0 Å². The van der Waals surface area contributed by atoms with E-state index in [9.17, 15) is 26.3 Å². The highest BCUT2D eigenvalue weighted by Crippen LogP contribution is 2.36. The van der Waals surface area contributed by atoms with Gasteiger partial charge in [-0.3, -0.25) is 0 Å². The van der Waals surface area contributed by atoms with Crippen molar-refractivity contribution in [3.05, 3.63) is 53.7 Å². The van der Waals surface area contributed by atoms with E-state index in [1.807, 2.05) is 4.90 Å². The van der Waals surface area contributed by atoms with E-state index in [1.165, 1.54) is 24.4 Å². The van der Waals surface area contributed by atoms with E-state index >= 15 is 0 Å². The lowest BCUT2D eigenvalue weighted by Gasteiger charge is -2.36. The Labute approximate surface area is 226 Å². The second kappa shape index (κ2) is 11.1. The van der Waals surface area contributed by atoms with Crippen LogP contribution in [0.1, 0.15) is 24.0 Å². The molecule has 2 aliphatic rings. The molecule has 3 aromatic rings. The zero-order chi connectivity index (χ0) is 28.5. The smallest absolute Gasteiger partial charge is 0.383 e. The lowest BCUT2D eigenvalue weighted by molar-refractivity contribution is -0.138. The Kier molecular flexibility index (Phi) is 7.71. The van der Waals surface area contributed by atoms with Crippen molar-refractivity contribution in [2.75, 3.05) is 61.1 Å². The van der Waals surface area contributed by atoms with E-state index in [2.05, 4.69) is 19.9 Å². The van der Waals surface area contributed by atoms with Crippen LogP contribution in [0.2, 0.25) is 0 Å². The predicted octanol–water partition coefficient (Wildman–Crippen LogP) is 4.91. The Morgan fingerprint density at radius 1 is 0.850 bits per heavy atom. The van der Waals surface area contributed by atoms with Gasteiger partial charge in [-0.15, -0.1) is 0 Å². The van der Waals surface area contributed by atoms with Crippen molar-refractivity contribution >= 4 is 17.7 Å². The Morgan fingerprint density at radius 3 is 2.27 bits per heavy atom. The summed E-state index contributed by atoms with van der Waals surface area (Å²) in [5.41, 5.74) is -1.45. The van der Waals surface area contributed by atoms with Crippen molar-refractivity contribution in [1.29, 1.82) is 0 Å². The second-order valence-corrected chi connectivity index (χ2v) is 9.63. The van der Waals surface area contributed by atoms with E-state index in [1.54, 1.807) is 16.9 Å². The average Bonchev–Trinajstić information content (AvgIpc) is 3.41. The number of pyridine rings is 1. The average molecular weight is 568 g/mol. The van der Waals surface area contributed by atoms with Crippen molar-refractivity contribution < 1.29 is 31.1 Å². The van der Waals surface area contributed by atoms with E-state index < -0.39 is 23.5 Å². The van der Waals surface area contributed by atoms with Gasteiger partial charge in [-0.05, 0) is 37.1 Å². The Bertz CT molecular complexity index is 1330. The molecule has 40 heavy (non-hydrogen) atoms. The van der Waals surface area contributed by atoms with E-state index in [4.69, 9.17) is 4.74 Å². The molecular weight excluding hydrogens is 540 g/mol. The molecule has 2 aliphatic heterocycles. The molecule has 0 N–H and O–H groups in total. The normalized spacial score (nSPS) is 18.5. The minimum absolute atomic E-state index is 0.00333. The monoisotopic (exact) mass is 567 g/mol. The van der Waals surface area contributed by atoms with E-state index in [-0.39, 0.29) is 55.4 Å². The second-order valence-electron chi connectivity index (χ2n) is 9.63. The number of aromatic nitrogens is 4. The maximum absolute atomic E-state index is 13.5. The number of piperazine rings is 1. The van der Waals surface area contributed by atoms with Gasteiger partial charge in [0.15, 0.2) is 5.82 Å². The fraction of sp³-hybridized carbons (Fsp3) is 0.462. The van der Waals surface area contributed by atoms with Crippen LogP contribution in [0.4, 0.5) is 44.1 Å². The van der Waals surface area contributed by atoms with Crippen LogP contribution >= 0.6 is 0 Å². The van der Waals surface area contributed by atoms with Gasteiger partial charge in [0.2, 0.25) is 11.9 Å². The quantitative estimate of drug-likeness (QED) is 0.389. The molecule has 0 saturated carbocycles. The third kappa shape index (κ3) is 5.91. The van der Waals surface area contributed by atoms with Crippen molar-refractivity contribution in [2.45, 2.75) is 31.2 Å². The molecule has 0 bridgehead atoms. The summed E-state index contributed by atoms with van der Waals surface area (Å²) >= 11 is 0. The molecule has 14 heteroatoms. The lowest BCUT2D eigenvalue weighted by atomic mass is 10.1. The number of ether oxygens (including phenoxy) is 1. The number of anilines is 3. The first-order chi connectivity index (χ1) is 19.0. The fourth-order valence-electron chi connectivity index (χ4n) is 5.04. The zero-order valence-electron chi connectivity index (χ0n) is 21.6. The number of rotatable bonds is 6. The maximum atomic E-state index is 13.5. The molecule has 2 saturated heterocycles. The summed E-state index contributed by atoms with van der Waals surface area (Å²) in [6.45, 7) is 2.07. The van der Waals surface area contributed by atoms with Crippen LogP contribution in [0, 0.1) is 0 Å². The number of alkyl halides is 6. The van der Waals surface area contributed by atoms with Gasteiger partial charge in [-0.1, -0.05) is 12.1 Å². The number of benzene rings is 1. The van der Waals surface area contributed by atoms with Crippen LogP contribution in [-0.4, -0.2) is 72.4 Å². The van der Waals surface area contributed by atoms with E-state index in [0.29, 0.717) is 19.1 Å². The molecule has 4 heterocycles. The Balaban J connectivity index is 1.46. The molecular formula is C26H27F6N7O. The van der Waals surface area contributed by atoms with Gasteiger partial charge >= 0.3 is 12.4 Å². The van der Waals surface area contributed by atoms with Crippen LogP contribution < -0.4 is 14.7 Å². The minimum Gasteiger partial charge on any atom is -0.383 e. The highest BCUT2D eigenvalue weighted by molar-refractivity contribution is 5.60. The number of halogens is 6. The van der Waals surface area contributed by atoms with Crippen LogP contribution in [0.15, 0.2) is 42.6 Å². The first kappa shape index (κ1) is 27.9. The van der Waals surface area contributed by atoms with Crippen molar-refractivity contribution in [2.24, 2.45) is 0 Å². The van der Waals surface area contributed by atoms with Crippen LogP contribution in [0.5, 0.6) is 0 Å². The number of nitrogens with zero attached hydrogens (tertiary/aromatic N) is 7. The summed E-state index contributed by atoms with van der Waals surface area (Å²) < 4.78 is 86.3. The molecule has 2 fully saturated rings. The summed E-state index contributed by atoms with van der Waals surface area (Å²) in [4.78, 5) is 23.0. The third-order valence-corrected chi connectivity index (χ3v) is 7.01. The highest BCUT2D eigenvalue weighted by atomic mass is 19.4. The lowest BCUT2D eigenvalue weighted by Crippen LogP contribution is -2.48. The molecule has 2 aromatic heterocycles. The summed E-state index contributed by atoms with van der Waals surface area (Å²) in [7, 11) is 1.59. The number of methoxy groups -OCH3 is 1. The summed E-state index contributed by atoms with van der Waals surface area (Å²) in [5.74, 6) is 0.511. The van der Waals surface area contributed by atoms with Crippen LogP contribution in [-0.2, 0) is 17.1 Å². The van der Waals surface area contributed by atoms with Gasteiger partial charge in [-0.2, -0.15) is 41.3 Å². The first-order valence-corrected chi connectivity index (χ1v) is 12.8. The highest BCUT2D eigenvalue weighted by Gasteiger charge is 2.37. The largest absolute Gasteiger partial charge is 0.419 e. The molecule has 0 radical (unpaired) electrons. The van der Waals surface area contributed by atoms with Crippen molar-refractivity contribution in [3.63, 3.8) is 0 Å². The van der Waals surface area contributed by atoms with Gasteiger partial charge in [0, 0.05) is 51.6 Å². The number of hydrogen-bond donors (Lipinski definition) is 0. The topological polar surface area (TPSA) is 70.5 Å². The first-order valence-electron chi connectivity index (χ1n) is 12.8. The molecule has 5 rings (SSSR count). The van der Waals surface area contributed by atoms with Gasteiger partial charge < -0.3 is 19.4 Å². The van der Waals surface area contributed by atoms with Gasteiger partial charge in [-0.25, -0.2) is 4.98 Å². The van der Waals surface area contributed by atoms with Gasteiger partial charge in [0.1, 0.15) is 5.82 Å². The summed E-state index contributed by atoms with van der Waals surface area (Å²) in [6, 6.07) is 7.03. The standard InChI is InChI=1S/C26H27F6N7O/c1-40-16-19-7-4-10-39(19)24-35-21(17-5-2-6-18(15-17)25(27,28)29)34-23(36-24)38-13-11-37(12-14-38)22-20(26(30,31)32)8-3-9-33-22/h2-3,5-6,8-9,15,19H,4,7,10-14,16H2,1H3. The summed E-state index contributed by atoms with van der Waals surface area (Å²) in [5, 5.41) is 0. The molecule has 1 aromatic carbocycles. The predicted molar refractivity (Wildman–Crippen MR) is 136 cm³/mol. The third-order valence-electron chi connectivity index (χ3n) is 7.01. The zero-order valence-corrected chi connectivity index (χ0v) is 21.6. The molecule has 8 nitrogen and oxygen atoms in total. The van der Waals surface area contributed by atoms with Crippen LogP contribution in [0.25, 0.3) is 11.4 Å². The Morgan fingerprint density at radius 2 is 1.57 bits per heavy atom. The molecule has 1 unspecified atom stereocenters. The van der Waals surface area contributed by atoms with Gasteiger partial charge in [0.25, 0.3) is 0 Å². The summed E-state index contributed by atoms with van der Waals surface area (Å²) in [6.07, 6.45) is -6.04. The molecule has 0 spiro atoms. The van der Waals surface area contributed by atoms with Crippen molar-refractivity contribution in [1.82, 2.24) is 19.9 Å². The van der Waals surface area contributed by atoms with E-state index in [0.717, 1.165) is 31.0 Å². The SMILES string of the molecule is COCC1CCCN1c1nc(-c2cccc(C(F)(F)F)c2)nc(N2CCN(c3ncccc3C(F)(F)F)CC2)n1. The Hall–Kier alpha value is -3.68.